The zero-order valence-corrected chi connectivity index (χ0v) is 17.4. The van der Waals surface area contributed by atoms with Crippen LogP contribution < -0.4 is 4.74 Å². The largest absolute Gasteiger partial charge is 0.493 e. The summed E-state index contributed by atoms with van der Waals surface area (Å²) in [4.78, 5) is 43.5. The Morgan fingerprint density at radius 2 is 1.79 bits per heavy atom. The molecule has 3 aromatic rings. The Hall–Kier alpha value is -3.14. The van der Waals surface area contributed by atoms with Gasteiger partial charge in [0.25, 0.3) is 0 Å². The Morgan fingerprint density at radius 1 is 1.14 bits per heavy atom. The van der Waals surface area contributed by atoms with Crippen LogP contribution in [0.3, 0.4) is 0 Å². The number of benzene rings is 1. The zero-order chi connectivity index (χ0) is 21.3. The molecule has 0 aliphatic heterocycles. The van der Waals surface area contributed by atoms with Crippen molar-refractivity contribution in [2.45, 2.75) is 13.8 Å². The maximum Gasteiger partial charge on any atom is 0.356 e. The average Bonchev–Trinajstić information content (AvgIpc) is 3.13. The van der Waals surface area contributed by atoms with E-state index in [1.54, 1.807) is 13.8 Å². The fourth-order valence-corrected chi connectivity index (χ4v) is 3.66. The molecule has 0 fully saturated rings. The predicted molar refractivity (Wildman–Crippen MR) is 107 cm³/mol. The Morgan fingerprint density at radius 3 is 2.38 bits per heavy atom. The van der Waals surface area contributed by atoms with E-state index in [0.717, 1.165) is 6.07 Å². The summed E-state index contributed by atoms with van der Waals surface area (Å²) in [5.74, 6) is -2.40. The van der Waals surface area contributed by atoms with Gasteiger partial charge in [0.05, 0.1) is 35.9 Å². The van der Waals surface area contributed by atoms with Gasteiger partial charge in [-0.25, -0.2) is 19.4 Å². The van der Waals surface area contributed by atoms with Gasteiger partial charge in [-0.3, -0.25) is 0 Å². The summed E-state index contributed by atoms with van der Waals surface area (Å²) in [6.07, 6.45) is 0. The second-order valence-corrected chi connectivity index (χ2v) is 6.64. The third kappa shape index (κ3) is 3.51. The summed E-state index contributed by atoms with van der Waals surface area (Å²) in [7, 11) is 1.39. The summed E-state index contributed by atoms with van der Waals surface area (Å²) < 4.78 is 15.8. The lowest BCUT2D eigenvalue weighted by molar-refractivity contribution is 0.0510. The number of aromatic nitrogens is 2. The predicted octanol–water partition coefficient (Wildman–Crippen LogP) is 3.54. The van der Waals surface area contributed by atoms with E-state index in [1.165, 1.54) is 13.2 Å². The zero-order valence-electron chi connectivity index (χ0n) is 15.8. The first-order valence-electron chi connectivity index (χ1n) is 8.64. The molecular weight excluding hydrogens is 448 g/mol. The van der Waals surface area contributed by atoms with Crippen molar-refractivity contribution in [2.24, 2.45) is 0 Å². The minimum Gasteiger partial charge on any atom is -0.493 e. The number of nitrogens with zero attached hydrogens (tertiary/aromatic N) is 1. The Labute approximate surface area is 173 Å². The lowest BCUT2D eigenvalue weighted by atomic mass is 10.0. The number of ether oxygens (including phenoxy) is 3. The van der Waals surface area contributed by atoms with Crippen molar-refractivity contribution in [2.75, 3.05) is 20.3 Å². The van der Waals surface area contributed by atoms with E-state index in [0.29, 0.717) is 15.4 Å². The highest BCUT2D eigenvalue weighted by molar-refractivity contribution is 9.10. The Kier molecular flexibility index (Phi) is 5.73. The highest BCUT2D eigenvalue weighted by Crippen LogP contribution is 2.42. The van der Waals surface area contributed by atoms with E-state index in [9.17, 15) is 19.5 Å². The van der Waals surface area contributed by atoms with E-state index in [4.69, 9.17) is 14.2 Å². The van der Waals surface area contributed by atoms with E-state index in [-0.39, 0.29) is 46.8 Å². The third-order valence-corrected chi connectivity index (χ3v) is 4.94. The molecule has 9 nitrogen and oxygen atoms in total. The van der Waals surface area contributed by atoms with Gasteiger partial charge in [-0.05, 0) is 41.9 Å². The van der Waals surface area contributed by atoms with Gasteiger partial charge in [-0.15, -0.1) is 0 Å². The smallest absolute Gasteiger partial charge is 0.356 e. The lowest BCUT2D eigenvalue weighted by Crippen LogP contribution is -2.11. The number of carbonyl (C=O) groups excluding carboxylic acids is 2. The van der Waals surface area contributed by atoms with Gasteiger partial charge in [-0.2, -0.15) is 0 Å². The number of carbonyl (C=O) groups is 3. The molecule has 0 aliphatic rings. The fourth-order valence-electron chi connectivity index (χ4n) is 3.00. The van der Waals surface area contributed by atoms with E-state index in [1.807, 2.05) is 0 Å². The quantitative estimate of drug-likeness (QED) is 0.530. The number of pyridine rings is 1. The molecule has 152 valence electrons. The van der Waals surface area contributed by atoms with Gasteiger partial charge in [0.2, 0.25) is 0 Å². The van der Waals surface area contributed by atoms with Crippen molar-refractivity contribution >= 4 is 55.6 Å². The topological polar surface area (TPSA) is 128 Å². The number of nitrogens with one attached hydrogen (secondary N) is 1. The van der Waals surface area contributed by atoms with Crippen LogP contribution in [0.1, 0.15) is 45.2 Å². The van der Waals surface area contributed by atoms with Gasteiger partial charge in [0, 0.05) is 10.8 Å². The normalized spacial score (nSPS) is 10.9. The molecule has 0 amide bonds. The molecule has 10 heteroatoms. The number of aromatic amines is 1. The average molecular weight is 465 g/mol. The number of hydrogen-bond donors (Lipinski definition) is 2. The van der Waals surface area contributed by atoms with Crippen LogP contribution in [0.2, 0.25) is 0 Å². The summed E-state index contributed by atoms with van der Waals surface area (Å²) in [6, 6.07) is 2.67. The Balaban J connectivity index is 2.45. The number of rotatable bonds is 6. The summed E-state index contributed by atoms with van der Waals surface area (Å²) >= 11 is 3.42. The van der Waals surface area contributed by atoms with Gasteiger partial charge < -0.3 is 24.3 Å². The maximum absolute atomic E-state index is 12.2. The molecule has 0 atom stereocenters. The molecular formula is C19H17BrN2O7. The number of methoxy groups -OCH3 is 1. The first kappa shape index (κ1) is 20.6. The van der Waals surface area contributed by atoms with Gasteiger partial charge in [0.15, 0.2) is 5.75 Å². The molecule has 0 saturated carbocycles. The lowest BCUT2D eigenvalue weighted by Gasteiger charge is -2.13. The van der Waals surface area contributed by atoms with Crippen LogP contribution in [0.4, 0.5) is 0 Å². The monoisotopic (exact) mass is 464 g/mol. The van der Waals surface area contributed by atoms with Crippen molar-refractivity contribution in [3.63, 3.8) is 0 Å². The van der Waals surface area contributed by atoms with Crippen molar-refractivity contribution in [3.8, 4) is 5.75 Å². The molecule has 0 bridgehead atoms. The van der Waals surface area contributed by atoms with Gasteiger partial charge in [-0.1, -0.05) is 0 Å². The number of halogens is 1. The van der Waals surface area contributed by atoms with E-state index < -0.39 is 17.9 Å². The van der Waals surface area contributed by atoms with Crippen molar-refractivity contribution in [1.82, 2.24) is 9.97 Å². The van der Waals surface area contributed by atoms with Gasteiger partial charge in [0.1, 0.15) is 16.9 Å². The molecule has 0 radical (unpaired) electrons. The van der Waals surface area contributed by atoms with Crippen LogP contribution in [0, 0.1) is 0 Å². The first-order chi connectivity index (χ1) is 13.8. The maximum atomic E-state index is 12.2. The molecule has 29 heavy (non-hydrogen) atoms. The number of hydrogen-bond acceptors (Lipinski definition) is 7. The summed E-state index contributed by atoms with van der Waals surface area (Å²) in [5.41, 5.74) is 0.260. The van der Waals surface area contributed by atoms with E-state index >= 15 is 0 Å². The van der Waals surface area contributed by atoms with Gasteiger partial charge >= 0.3 is 17.9 Å². The fraction of sp³-hybridized carbons (Fsp3) is 0.263. The number of H-pyrrole nitrogens is 1. The standard InChI is InChI=1S/C19H17BrN2O7/c1-4-28-18(25)10-6-8(17(23)24)12-14-9(7-11(21-14)19(26)29-5-2)13(20)16(27-3)15(12)22-10/h6-7,21H,4-5H2,1-3H3,(H,23,24). The first-order valence-corrected chi connectivity index (χ1v) is 9.43. The third-order valence-electron chi connectivity index (χ3n) is 4.15. The highest BCUT2D eigenvalue weighted by Gasteiger charge is 2.26. The SMILES string of the molecule is CCOC(=O)c1cc(C(=O)O)c2c(n1)c(OC)c(Br)c1cc(C(=O)OCC)[nH]c12. The molecule has 2 heterocycles. The van der Waals surface area contributed by atoms with Crippen LogP contribution >= 0.6 is 15.9 Å². The number of aromatic carboxylic acids is 1. The number of esters is 2. The number of fused-ring (bicyclic) bond motifs is 3. The van der Waals surface area contributed by atoms with Crippen molar-refractivity contribution in [3.05, 3.63) is 33.6 Å². The summed E-state index contributed by atoms with van der Waals surface area (Å²) in [6.45, 7) is 3.61. The molecule has 0 unspecified atom stereocenters. The van der Waals surface area contributed by atoms with Crippen LogP contribution in [0.15, 0.2) is 16.6 Å². The molecule has 2 N–H and O–H groups in total. The number of carboxylic acid groups (broad SMARTS) is 1. The molecule has 0 saturated heterocycles. The van der Waals surface area contributed by atoms with Crippen LogP contribution in [-0.2, 0) is 9.47 Å². The minimum atomic E-state index is -1.28. The Bertz CT molecular complexity index is 1150. The molecule has 0 aliphatic carbocycles. The molecule has 0 spiro atoms. The van der Waals surface area contributed by atoms with Crippen LogP contribution in [0.25, 0.3) is 21.8 Å². The highest BCUT2D eigenvalue weighted by atomic mass is 79.9. The second-order valence-electron chi connectivity index (χ2n) is 5.84. The second kappa shape index (κ2) is 8.08. The summed E-state index contributed by atoms with van der Waals surface area (Å²) in [5, 5.41) is 10.5. The van der Waals surface area contributed by atoms with Crippen LogP contribution in [0.5, 0.6) is 5.75 Å². The molecule has 1 aromatic carbocycles. The molecule has 2 aromatic heterocycles. The van der Waals surface area contributed by atoms with Crippen molar-refractivity contribution in [1.29, 1.82) is 0 Å². The minimum absolute atomic E-state index is 0.111. The van der Waals surface area contributed by atoms with Crippen molar-refractivity contribution < 1.29 is 33.7 Å². The van der Waals surface area contributed by atoms with Crippen LogP contribution in [-0.4, -0.2) is 53.3 Å². The van der Waals surface area contributed by atoms with E-state index in [2.05, 4.69) is 25.9 Å². The molecule has 3 rings (SSSR count). The number of carboxylic acids is 1.